The first-order valence-electron chi connectivity index (χ1n) is 6.02. The number of carboxylic acids is 1. The van der Waals surface area contributed by atoms with Gasteiger partial charge in [0.05, 0.1) is 5.52 Å². The van der Waals surface area contributed by atoms with Gasteiger partial charge in [0.2, 0.25) is 0 Å². The number of benzene rings is 1. The number of carbonyl (C=O) groups is 1. The second kappa shape index (κ2) is 5.30. The molecule has 0 bridgehead atoms. The lowest BCUT2D eigenvalue weighted by Crippen LogP contribution is -1.94. The predicted octanol–water partition coefficient (Wildman–Crippen LogP) is 3.57. The lowest BCUT2D eigenvalue weighted by atomic mass is 10.2. The fraction of sp³-hybridized carbons (Fsp3) is 0.0667. The molecule has 0 fully saturated rings. The van der Waals surface area contributed by atoms with Gasteiger partial charge in [-0.05, 0) is 36.4 Å². The number of thiophene rings is 1. The lowest BCUT2D eigenvalue weighted by Gasteiger charge is -2.07. The van der Waals surface area contributed by atoms with Crippen molar-refractivity contribution in [2.24, 2.45) is 0 Å². The molecule has 0 saturated heterocycles. The molecule has 0 unspecified atom stereocenters. The Morgan fingerprint density at radius 1 is 1.20 bits per heavy atom. The maximum Gasteiger partial charge on any atom is 0.345 e. The minimum atomic E-state index is -0.907. The van der Waals surface area contributed by atoms with Gasteiger partial charge in [-0.2, -0.15) is 0 Å². The number of aromatic carboxylic acids is 1. The molecule has 0 saturated carbocycles. The van der Waals surface area contributed by atoms with Crippen molar-refractivity contribution in [3.63, 3.8) is 0 Å². The third-order valence-electron chi connectivity index (χ3n) is 2.85. The molecule has 0 aliphatic rings. The van der Waals surface area contributed by atoms with E-state index < -0.39 is 5.97 Å². The normalized spacial score (nSPS) is 10.6. The van der Waals surface area contributed by atoms with Crippen LogP contribution >= 0.6 is 11.3 Å². The molecular weight excluding hydrogens is 274 g/mol. The smallest absolute Gasteiger partial charge is 0.345 e. The molecule has 1 aromatic carbocycles. The van der Waals surface area contributed by atoms with E-state index in [1.807, 2.05) is 30.3 Å². The van der Waals surface area contributed by atoms with Gasteiger partial charge in [0.1, 0.15) is 17.2 Å². The van der Waals surface area contributed by atoms with E-state index in [4.69, 9.17) is 9.84 Å². The van der Waals surface area contributed by atoms with E-state index in [9.17, 15) is 4.79 Å². The van der Waals surface area contributed by atoms with Crippen molar-refractivity contribution < 1.29 is 14.6 Å². The Kier molecular flexibility index (Phi) is 3.35. The Bertz CT molecular complexity index is 761. The van der Waals surface area contributed by atoms with E-state index in [-0.39, 0.29) is 0 Å². The Labute approximate surface area is 119 Å². The molecular formula is C15H11NO3S. The SMILES string of the molecule is O=C(O)c1ccc(COc2cccc3ncccc23)s1. The maximum absolute atomic E-state index is 10.8. The Morgan fingerprint density at radius 3 is 2.90 bits per heavy atom. The molecule has 0 radical (unpaired) electrons. The molecule has 0 spiro atoms. The zero-order valence-corrected chi connectivity index (χ0v) is 11.3. The van der Waals surface area contributed by atoms with Crippen LogP contribution in [0.3, 0.4) is 0 Å². The summed E-state index contributed by atoms with van der Waals surface area (Å²) in [5.74, 6) is -0.156. The van der Waals surface area contributed by atoms with E-state index in [1.165, 1.54) is 11.3 Å². The summed E-state index contributed by atoms with van der Waals surface area (Å²) in [5, 5.41) is 9.84. The Hall–Kier alpha value is -2.40. The van der Waals surface area contributed by atoms with Gasteiger partial charge in [-0.1, -0.05) is 6.07 Å². The van der Waals surface area contributed by atoms with Crippen LogP contribution < -0.4 is 4.74 Å². The number of ether oxygens (including phenoxy) is 1. The summed E-state index contributed by atoms with van der Waals surface area (Å²) in [5.41, 5.74) is 0.877. The van der Waals surface area contributed by atoms with Gasteiger partial charge in [-0.15, -0.1) is 11.3 Å². The molecule has 0 aliphatic heterocycles. The number of pyridine rings is 1. The quantitative estimate of drug-likeness (QED) is 0.796. The van der Waals surface area contributed by atoms with Gasteiger partial charge >= 0.3 is 5.97 Å². The van der Waals surface area contributed by atoms with Crippen molar-refractivity contribution in [3.8, 4) is 5.75 Å². The third kappa shape index (κ3) is 2.48. The fourth-order valence-corrected chi connectivity index (χ4v) is 2.68. The first kappa shape index (κ1) is 12.6. The third-order valence-corrected chi connectivity index (χ3v) is 3.89. The molecule has 4 nitrogen and oxygen atoms in total. The van der Waals surface area contributed by atoms with Crippen LogP contribution in [-0.4, -0.2) is 16.1 Å². The van der Waals surface area contributed by atoms with Crippen molar-refractivity contribution in [2.75, 3.05) is 0 Å². The number of nitrogens with zero attached hydrogens (tertiary/aromatic N) is 1. The van der Waals surface area contributed by atoms with Crippen molar-refractivity contribution in [1.82, 2.24) is 4.98 Å². The van der Waals surface area contributed by atoms with Crippen LogP contribution in [0.1, 0.15) is 14.5 Å². The second-order valence-corrected chi connectivity index (χ2v) is 5.35. The van der Waals surface area contributed by atoms with E-state index in [1.54, 1.807) is 18.3 Å². The van der Waals surface area contributed by atoms with Gasteiger partial charge in [0.15, 0.2) is 0 Å². The molecule has 0 amide bonds. The van der Waals surface area contributed by atoms with Crippen LogP contribution in [0.25, 0.3) is 10.9 Å². The predicted molar refractivity (Wildman–Crippen MR) is 77.4 cm³/mol. The Balaban J connectivity index is 1.81. The summed E-state index contributed by atoms with van der Waals surface area (Å²) < 4.78 is 5.78. The highest BCUT2D eigenvalue weighted by Crippen LogP contribution is 2.25. The van der Waals surface area contributed by atoms with Gasteiger partial charge in [0.25, 0.3) is 0 Å². The minimum absolute atomic E-state index is 0.322. The van der Waals surface area contributed by atoms with E-state index in [0.29, 0.717) is 11.5 Å². The molecule has 2 heterocycles. The summed E-state index contributed by atoms with van der Waals surface area (Å²) in [6.07, 6.45) is 1.74. The maximum atomic E-state index is 10.8. The number of aromatic nitrogens is 1. The highest BCUT2D eigenvalue weighted by molar-refractivity contribution is 7.13. The first-order valence-corrected chi connectivity index (χ1v) is 6.84. The zero-order chi connectivity index (χ0) is 13.9. The summed E-state index contributed by atoms with van der Waals surface area (Å²) >= 11 is 1.23. The van der Waals surface area contributed by atoms with E-state index in [0.717, 1.165) is 21.5 Å². The van der Waals surface area contributed by atoms with Crippen molar-refractivity contribution in [3.05, 3.63) is 58.4 Å². The molecule has 1 N–H and O–H groups in total. The first-order chi connectivity index (χ1) is 9.74. The molecule has 3 rings (SSSR count). The van der Waals surface area contributed by atoms with Gasteiger partial charge in [-0.25, -0.2) is 4.79 Å². The fourth-order valence-electron chi connectivity index (χ4n) is 1.92. The topological polar surface area (TPSA) is 59.4 Å². The second-order valence-electron chi connectivity index (χ2n) is 4.19. The number of hydrogen-bond acceptors (Lipinski definition) is 4. The molecule has 0 aliphatic carbocycles. The van der Waals surface area contributed by atoms with Crippen LogP contribution in [0, 0.1) is 0 Å². The van der Waals surface area contributed by atoms with Crippen molar-refractivity contribution in [1.29, 1.82) is 0 Å². The van der Waals surface area contributed by atoms with Crippen LogP contribution in [-0.2, 0) is 6.61 Å². The highest BCUT2D eigenvalue weighted by atomic mass is 32.1. The highest BCUT2D eigenvalue weighted by Gasteiger charge is 2.08. The molecule has 5 heteroatoms. The summed E-state index contributed by atoms with van der Waals surface area (Å²) in [4.78, 5) is 16.3. The summed E-state index contributed by atoms with van der Waals surface area (Å²) in [6.45, 7) is 0.353. The van der Waals surface area contributed by atoms with Gasteiger partial charge < -0.3 is 9.84 Å². The van der Waals surface area contributed by atoms with Gasteiger partial charge in [0, 0.05) is 16.5 Å². The van der Waals surface area contributed by atoms with Crippen LogP contribution in [0.2, 0.25) is 0 Å². The van der Waals surface area contributed by atoms with E-state index in [2.05, 4.69) is 4.98 Å². The monoisotopic (exact) mass is 285 g/mol. The molecule has 100 valence electrons. The average Bonchev–Trinajstić information content (AvgIpc) is 2.94. The molecule has 0 atom stereocenters. The molecule has 20 heavy (non-hydrogen) atoms. The lowest BCUT2D eigenvalue weighted by molar-refractivity contribution is 0.0702. The number of carboxylic acid groups (broad SMARTS) is 1. The largest absolute Gasteiger partial charge is 0.487 e. The average molecular weight is 285 g/mol. The zero-order valence-electron chi connectivity index (χ0n) is 10.4. The van der Waals surface area contributed by atoms with Crippen LogP contribution in [0.5, 0.6) is 5.75 Å². The summed E-state index contributed by atoms with van der Waals surface area (Å²) in [6, 6.07) is 12.9. The minimum Gasteiger partial charge on any atom is -0.487 e. The van der Waals surface area contributed by atoms with Gasteiger partial charge in [-0.3, -0.25) is 4.98 Å². The van der Waals surface area contributed by atoms with Crippen molar-refractivity contribution in [2.45, 2.75) is 6.61 Å². The molecule has 2 aromatic heterocycles. The number of fused-ring (bicyclic) bond motifs is 1. The summed E-state index contributed by atoms with van der Waals surface area (Å²) in [7, 11) is 0. The van der Waals surface area contributed by atoms with Crippen LogP contribution in [0.15, 0.2) is 48.7 Å². The molecule has 3 aromatic rings. The van der Waals surface area contributed by atoms with Crippen LogP contribution in [0.4, 0.5) is 0 Å². The standard InChI is InChI=1S/C15H11NO3S/c17-15(18)14-7-6-10(20-14)9-19-13-5-1-4-12-11(13)3-2-8-16-12/h1-8H,9H2,(H,17,18). The number of hydrogen-bond donors (Lipinski definition) is 1. The van der Waals surface area contributed by atoms with Crippen molar-refractivity contribution >= 4 is 28.2 Å². The Morgan fingerprint density at radius 2 is 2.10 bits per heavy atom. The van der Waals surface area contributed by atoms with E-state index >= 15 is 0 Å². The number of rotatable bonds is 4.